The van der Waals surface area contributed by atoms with Crippen molar-refractivity contribution in [2.75, 3.05) is 0 Å². The average molecular weight is 138 g/mol. The number of carbonyl (C=O) groups is 1. The zero-order valence-electron chi connectivity index (χ0n) is 5.11. The number of nitrogens with one attached hydrogen (secondary N) is 1. The number of aliphatic imine (C=N–C) groups is 1. The van der Waals surface area contributed by atoms with Crippen LogP contribution in [0.2, 0.25) is 0 Å². The Bertz CT molecular complexity index is 228. The second-order valence-corrected chi connectivity index (χ2v) is 1.63. The number of carboxylic acid groups (broad SMARTS) is 1. The zero-order chi connectivity index (χ0) is 7.40. The summed E-state index contributed by atoms with van der Waals surface area (Å²) in [5.41, 5.74) is 0. The van der Waals surface area contributed by atoms with Crippen LogP contribution >= 0.6 is 0 Å². The van der Waals surface area contributed by atoms with Gasteiger partial charge in [0, 0.05) is 12.4 Å². The number of amidine groups is 1. The summed E-state index contributed by atoms with van der Waals surface area (Å²) in [6.45, 7) is 0. The molecule has 0 radical (unpaired) electrons. The molecule has 1 rings (SSSR count). The molecule has 4 heteroatoms. The normalized spacial score (nSPS) is 15.4. The van der Waals surface area contributed by atoms with Gasteiger partial charge in [0.1, 0.15) is 0 Å². The molecule has 0 amide bonds. The van der Waals surface area contributed by atoms with E-state index in [-0.39, 0.29) is 5.84 Å². The quantitative estimate of drug-likeness (QED) is 0.540. The van der Waals surface area contributed by atoms with Crippen LogP contribution in [0, 0.1) is 0 Å². The van der Waals surface area contributed by atoms with Gasteiger partial charge >= 0.3 is 5.97 Å². The zero-order valence-corrected chi connectivity index (χ0v) is 5.11. The van der Waals surface area contributed by atoms with E-state index in [1.54, 1.807) is 12.2 Å². The molecule has 2 N–H and O–H groups in total. The van der Waals surface area contributed by atoms with E-state index in [0.29, 0.717) is 0 Å². The van der Waals surface area contributed by atoms with Gasteiger partial charge in [-0.25, -0.2) is 9.79 Å². The van der Waals surface area contributed by atoms with E-state index in [9.17, 15) is 4.79 Å². The number of aliphatic carboxylic acids is 1. The Morgan fingerprint density at radius 2 is 2.40 bits per heavy atom. The van der Waals surface area contributed by atoms with Gasteiger partial charge in [-0.2, -0.15) is 0 Å². The summed E-state index contributed by atoms with van der Waals surface area (Å²) < 4.78 is 0. The van der Waals surface area contributed by atoms with E-state index in [1.807, 2.05) is 0 Å². The first-order valence-corrected chi connectivity index (χ1v) is 2.70. The number of carboxylic acids is 1. The van der Waals surface area contributed by atoms with Gasteiger partial charge in [-0.15, -0.1) is 0 Å². The van der Waals surface area contributed by atoms with Crippen LogP contribution in [0.4, 0.5) is 0 Å². The molecular formula is C6H6N2O2. The fraction of sp³-hybridized carbons (Fsp3) is 0. The number of hydrogen-bond donors (Lipinski definition) is 2. The van der Waals surface area contributed by atoms with Gasteiger partial charge in [0.15, 0.2) is 0 Å². The highest BCUT2D eigenvalue weighted by Gasteiger charge is 2.05. The smallest absolute Gasteiger partial charge is 0.371 e. The molecule has 0 aromatic heterocycles. The lowest BCUT2D eigenvalue weighted by Gasteiger charge is -1.94. The Labute approximate surface area is 57.6 Å². The Kier molecular flexibility index (Phi) is 1.84. The first-order valence-electron chi connectivity index (χ1n) is 2.70. The maximum Gasteiger partial charge on any atom is 0.371 e. The highest BCUT2D eigenvalue weighted by Crippen LogP contribution is 1.85. The van der Waals surface area contributed by atoms with Crippen LogP contribution in [0.25, 0.3) is 0 Å². The molecular weight excluding hydrogens is 132 g/mol. The Hall–Kier alpha value is -1.58. The first kappa shape index (κ1) is 6.54. The third-order valence-corrected chi connectivity index (χ3v) is 0.920. The highest BCUT2D eigenvalue weighted by atomic mass is 16.4. The summed E-state index contributed by atoms with van der Waals surface area (Å²) in [6, 6.07) is 0. The van der Waals surface area contributed by atoms with Crippen molar-refractivity contribution in [1.82, 2.24) is 5.32 Å². The molecule has 0 saturated carbocycles. The lowest BCUT2D eigenvalue weighted by Crippen LogP contribution is -2.25. The van der Waals surface area contributed by atoms with Gasteiger partial charge < -0.3 is 10.4 Å². The summed E-state index contributed by atoms with van der Waals surface area (Å²) in [7, 11) is 0. The van der Waals surface area contributed by atoms with Crippen molar-refractivity contribution in [1.29, 1.82) is 0 Å². The second-order valence-electron chi connectivity index (χ2n) is 1.63. The van der Waals surface area contributed by atoms with Crippen LogP contribution in [-0.4, -0.2) is 16.9 Å². The fourth-order valence-corrected chi connectivity index (χ4v) is 0.504. The van der Waals surface area contributed by atoms with Crippen LogP contribution in [-0.2, 0) is 4.79 Å². The fourth-order valence-electron chi connectivity index (χ4n) is 0.504. The topological polar surface area (TPSA) is 61.7 Å². The van der Waals surface area contributed by atoms with E-state index in [2.05, 4.69) is 10.3 Å². The molecule has 0 saturated heterocycles. The number of hydrogen-bond acceptors (Lipinski definition) is 3. The largest absolute Gasteiger partial charge is 0.475 e. The molecule has 0 spiro atoms. The van der Waals surface area contributed by atoms with Crippen molar-refractivity contribution in [3.63, 3.8) is 0 Å². The van der Waals surface area contributed by atoms with Crippen molar-refractivity contribution in [2.24, 2.45) is 4.99 Å². The minimum absolute atomic E-state index is 0.0648. The van der Waals surface area contributed by atoms with Gasteiger partial charge in [0.25, 0.3) is 0 Å². The molecule has 0 atom stereocenters. The molecule has 10 heavy (non-hydrogen) atoms. The van der Waals surface area contributed by atoms with Crippen LogP contribution < -0.4 is 5.32 Å². The van der Waals surface area contributed by atoms with Crippen LogP contribution in [0.15, 0.2) is 29.5 Å². The van der Waals surface area contributed by atoms with Gasteiger partial charge in [0.2, 0.25) is 5.84 Å². The third kappa shape index (κ3) is 1.45. The van der Waals surface area contributed by atoms with E-state index in [0.717, 1.165) is 0 Å². The van der Waals surface area contributed by atoms with Gasteiger partial charge in [0.05, 0.1) is 0 Å². The van der Waals surface area contributed by atoms with Crippen LogP contribution in [0.3, 0.4) is 0 Å². The lowest BCUT2D eigenvalue weighted by molar-refractivity contribution is -0.129. The summed E-state index contributed by atoms with van der Waals surface area (Å²) in [5.74, 6) is -1.12. The monoisotopic (exact) mass is 138 g/mol. The molecule has 0 fully saturated rings. The maximum absolute atomic E-state index is 10.2. The van der Waals surface area contributed by atoms with Crippen molar-refractivity contribution in [2.45, 2.75) is 0 Å². The SMILES string of the molecule is O=C(O)C1=NC=CC=CN1. The molecule has 0 aromatic rings. The number of allylic oxidation sites excluding steroid dienone is 2. The van der Waals surface area contributed by atoms with E-state index in [1.165, 1.54) is 12.4 Å². The molecule has 1 aliphatic rings. The minimum atomic E-state index is -1.06. The highest BCUT2D eigenvalue weighted by molar-refractivity contribution is 6.34. The first-order chi connectivity index (χ1) is 4.80. The minimum Gasteiger partial charge on any atom is -0.475 e. The number of nitrogens with zero attached hydrogens (tertiary/aromatic N) is 1. The maximum atomic E-state index is 10.2. The lowest BCUT2D eigenvalue weighted by atomic mass is 10.6. The predicted molar refractivity (Wildman–Crippen MR) is 36.5 cm³/mol. The summed E-state index contributed by atoms with van der Waals surface area (Å²) in [6.07, 6.45) is 6.23. The van der Waals surface area contributed by atoms with E-state index >= 15 is 0 Å². The van der Waals surface area contributed by atoms with Crippen molar-refractivity contribution in [3.8, 4) is 0 Å². The average Bonchev–Trinajstić information content (AvgIpc) is 2.12. The van der Waals surface area contributed by atoms with Crippen molar-refractivity contribution in [3.05, 3.63) is 24.6 Å². The van der Waals surface area contributed by atoms with Gasteiger partial charge in [-0.3, -0.25) is 0 Å². The van der Waals surface area contributed by atoms with Crippen molar-refractivity contribution >= 4 is 11.8 Å². The summed E-state index contributed by atoms with van der Waals surface area (Å²) in [5, 5.41) is 10.9. The molecule has 0 aromatic carbocycles. The van der Waals surface area contributed by atoms with Gasteiger partial charge in [-0.05, 0) is 12.2 Å². The van der Waals surface area contributed by atoms with Crippen LogP contribution in [0.5, 0.6) is 0 Å². The van der Waals surface area contributed by atoms with E-state index in [4.69, 9.17) is 5.11 Å². The van der Waals surface area contributed by atoms with Gasteiger partial charge in [-0.1, -0.05) is 0 Å². The predicted octanol–water partition coefficient (Wildman–Crippen LogP) is 0.100. The summed E-state index contributed by atoms with van der Waals surface area (Å²) >= 11 is 0. The van der Waals surface area contributed by atoms with E-state index < -0.39 is 5.97 Å². The molecule has 1 aliphatic heterocycles. The standard InChI is InChI=1S/C6H6N2O2/c9-6(10)5-7-3-1-2-4-8-5/h1-4H,(H,7,8)(H,9,10). The molecule has 0 bridgehead atoms. The molecule has 4 nitrogen and oxygen atoms in total. The third-order valence-electron chi connectivity index (χ3n) is 0.920. The number of rotatable bonds is 1. The molecule has 52 valence electrons. The van der Waals surface area contributed by atoms with Crippen LogP contribution in [0.1, 0.15) is 0 Å². The Morgan fingerprint density at radius 1 is 1.60 bits per heavy atom. The Balaban J connectivity index is 2.78. The second kappa shape index (κ2) is 2.82. The summed E-state index contributed by atoms with van der Waals surface area (Å²) in [4.78, 5) is 13.8. The molecule has 1 heterocycles. The Morgan fingerprint density at radius 3 is 3.10 bits per heavy atom. The van der Waals surface area contributed by atoms with Crippen molar-refractivity contribution < 1.29 is 9.90 Å². The molecule has 0 unspecified atom stereocenters. The molecule has 0 aliphatic carbocycles.